The van der Waals surface area contributed by atoms with Crippen molar-refractivity contribution in [2.75, 3.05) is 19.6 Å². The Labute approximate surface area is 126 Å². The monoisotopic (exact) mass is 292 g/mol. The molecule has 1 unspecified atom stereocenters. The molecule has 1 aliphatic heterocycles. The van der Waals surface area contributed by atoms with Gasteiger partial charge in [0.15, 0.2) is 5.78 Å². The first kappa shape index (κ1) is 16.1. The van der Waals surface area contributed by atoms with Gasteiger partial charge < -0.3 is 5.32 Å². The van der Waals surface area contributed by atoms with Crippen LogP contribution in [0.25, 0.3) is 0 Å². The number of ketones is 1. The molecule has 1 atom stereocenters. The molecule has 1 aromatic carbocycles. The van der Waals surface area contributed by atoms with E-state index in [1.54, 1.807) is 12.1 Å². The van der Waals surface area contributed by atoms with E-state index in [0.717, 1.165) is 38.9 Å². The number of carbonyl (C=O) groups is 1. The number of rotatable bonds is 6. The zero-order valence-electron chi connectivity index (χ0n) is 12.9. The highest BCUT2D eigenvalue weighted by atomic mass is 19.1. The summed E-state index contributed by atoms with van der Waals surface area (Å²) in [5.41, 5.74) is 0.596. The molecular weight excluding hydrogens is 267 g/mol. The molecule has 1 heterocycles. The van der Waals surface area contributed by atoms with Crippen molar-refractivity contribution in [3.8, 4) is 0 Å². The van der Waals surface area contributed by atoms with E-state index in [-0.39, 0.29) is 17.6 Å². The molecule has 0 amide bonds. The maximum absolute atomic E-state index is 13.0. The molecule has 2 rings (SSSR count). The average Bonchev–Trinajstić information content (AvgIpc) is 2.53. The molecule has 0 saturated carbocycles. The summed E-state index contributed by atoms with van der Waals surface area (Å²) in [6, 6.07) is 6.19. The first-order valence-corrected chi connectivity index (χ1v) is 7.89. The third-order valence-corrected chi connectivity index (χ3v) is 4.27. The second-order valence-electron chi connectivity index (χ2n) is 5.77. The molecule has 1 saturated heterocycles. The Balaban J connectivity index is 2.10. The topological polar surface area (TPSA) is 32.3 Å². The maximum atomic E-state index is 13.0. The highest BCUT2D eigenvalue weighted by Gasteiger charge is 2.28. The van der Waals surface area contributed by atoms with E-state index in [9.17, 15) is 9.18 Å². The Morgan fingerprint density at radius 1 is 1.33 bits per heavy atom. The lowest BCUT2D eigenvalue weighted by molar-refractivity contribution is 0.0711. The molecular formula is C17H25FN2O. The van der Waals surface area contributed by atoms with Crippen molar-refractivity contribution in [1.29, 1.82) is 0 Å². The fourth-order valence-electron chi connectivity index (χ4n) is 3.09. The van der Waals surface area contributed by atoms with Crippen LogP contribution in [-0.4, -0.2) is 42.4 Å². The zero-order chi connectivity index (χ0) is 15.2. The van der Waals surface area contributed by atoms with Crippen LogP contribution >= 0.6 is 0 Å². The number of piperidine rings is 1. The van der Waals surface area contributed by atoms with Crippen molar-refractivity contribution in [1.82, 2.24) is 10.2 Å². The molecule has 0 bridgehead atoms. The molecule has 0 radical (unpaired) electrons. The third kappa shape index (κ3) is 4.11. The summed E-state index contributed by atoms with van der Waals surface area (Å²) in [5.74, 6) is -0.218. The largest absolute Gasteiger partial charge is 0.317 e. The van der Waals surface area contributed by atoms with E-state index in [2.05, 4.69) is 17.1 Å². The van der Waals surface area contributed by atoms with Gasteiger partial charge in [0.25, 0.3) is 0 Å². The first-order valence-electron chi connectivity index (χ1n) is 7.89. The smallest absolute Gasteiger partial charge is 0.179 e. The zero-order valence-corrected chi connectivity index (χ0v) is 12.9. The molecule has 116 valence electrons. The second-order valence-corrected chi connectivity index (χ2v) is 5.77. The van der Waals surface area contributed by atoms with E-state index >= 15 is 0 Å². The summed E-state index contributed by atoms with van der Waals surface area (Å²) in [6.07, 6.45) is 3.20. The Morgan fingerprint density at radius 2 is 1.95 bits per heavy atom. The van der Waals surface area contributed by atoms with Crippen LogP contribution in [0.4, 0.5) is 4.39 Å². The van der Waals surface area contributed by atoms with E-state index in [1.165, 1.54) is 12.1 Å². The average molecular weight is 292 g/mol. The summed E-state index contributed by atoms with van der Waals surface area (Å²) in [7, 11) is 0. The molecule has 1 fully saturated rings. The summed E-state index contributed by atoms with van der Waals surface area (Å²) in [6.45, 7) is 7.08. The van der Waals surface area contributed by atoms with Crippen LogP contribution in [0.15, 0.2) is 24.3 Å². The van der Waals surface area contributed by atoms with Crippen molar-refractivity contribution in [3.05, 3.63) is 35.6 Å². The van der Waals surface area contributed by atoms with Crippen LogP contribution in [0.2, 0.25) is 0 Å². The van der Waals surface area contributed by atoms with Crippen LogP contribution in [0, 0.1) is 5.82 Å². The SMILES string of the molecule is CCCN(C1CCNCC1)C(C)C(=O)c1ccc(F)cc1. The lowest BCUT2D eigenvalue weighted by Crippen LogP contribution is -2.50. The number of nitrogens with zero attached hydrogens (tertiary/aromatic N) is 1. The summed E-state index contributed by atoms with van der Waals surface area (Å²) >= 11 is 0. The molecule has 1 N–H and O–H groups in total. The van der Waals surface area contributed by atoms with Gasteiger partial charge >= 0.3 is 0 Å². The number of Topliss-reactive ketones (excluding diaryl/α,β-unsaturated/α-hetero) is 1. The van der Waals surface area contributed by atoms with Gasteiger partial charge in [0.2, 0.25) is 0 Å². The molecule has 3 nitrogen and oxygen atoms in total. The quantitative estimate of drug-likeness (QED) is 0.818. The van der Waals surface area contributed by atoms with E-state index < -0.39 is 0 Å². The normalized spacial score (nSPS) is 17.9. The van der Waals surface area contributed by atoms with Gasteiger partial charge in [-0.25, -0.2) is 4.39 Å². The predicted molar refractivity (Wildman–Crippen MR) is 83.1 cm³/mol. The van der Waals surface area contributed by atoms with Crippen molar-refractivity contribution < 1.29 is 9.18 Å². The number of nitrogens with one attached hydrogen (secondary N) is 1. The van der Waals surface area contributed by atoms with Crippen LogP contribution in [0.1, 0.15) is 43.5 Å². The number of carbonyl (C=O) groups excluding carboxylic acids is 1. The predicted octanol–water partition coefficient (Wildman–Crippen LogP) is 2.86. The fourth-order valence-corrected chi connectivity index (χ4v) is 3.09. The maximum Gasteiger partial charge on any atom is 0.179 e. The minimum absolute atomic E-state index is 0.0852. The van der Waals surface area contributed by atoms with E-state index in [4.69, 9.17) is 0 Å². The molecule has 0 spiro atoms. The highest BCUT2D eigenvalue weighted by molar-refractivity contribution is 5.99. The van der Waals surface area contributed by atoms with Gasteiger partial charge in [0.05, 0.1) is 6.04 Å². The van der Waals surface area contributed by atoms with Gasteiger partial charge in [-0.3, -0.25) is 9.69 Å². The van der Waals surface area contributed by atoms with E-state index in [1.807, 2.05) is 6.92 Å². The molecule has 1 aromatic rings. The number of hydrogen-bond donors (Lipinski definition) is 1. The Bertz CT molecular complexity index is 454. The Hall–Kier alpha value is -1.26. The summed E-state index contributed by atoms with van der Waals surface area (Å²) < 4.78 is 13.0. The lowest BCUT2D eigenvalue weighted by Gasteiger charge is -2.38. The molecule has 21 heavy (non-hydrogen) atoms. The molecule has 1 aliphatic rings. The van der Waals surface area contributed by atoms with Gasteiger partial charge in [-0.05, 0) is 70.1 Å². The second kappa shape index (κ2) is 7.66. The van der Waals surface area contributed by atoms with Crippen molar-refractivity contribution in [2.45, 2.75) is 45.2 Å². The van der Waals surface area contributed by atoms with Gasteiger partial charge in [0.1, 0.15) is 5.82 Å². The van der Waals surface area contributed by atoms with Crippen LogP contribution < -0.4 is 5.32 Å². The standard InChI is InChI=1S/C17H25FN2O/c1-3-12-20(16-8-10-19-11-9-16)13(2)17(21)14-4-6-15(18)7-5-14/h4-7,13,16,19H,3,8-12H2,1-2H3. The van der Waals surface area contributed by atoms with Crippen LogP contribution in [-0.2, 0) is 0 Å². The van der Waals surface area contributed by atoms with Crippen LogP contribution in [0.5, 0.6) is 0 Å². The Kier molecular flexibility index (Phi) is 5.88. The molecule has 0 aromatic heterocycles. The minimum Gasteiger partial charge on any atom is -0.317 e. The fraction of sp³-hybridized carbons (Fsp3) is 0.588. The highest BCUT2D eigenvalue weighted by Crippen LogP contribution is 2.19. The van der Waals surface area contributed by atoms with Gasteiger partial charge in [-0.1, -0.05) is 6.92 Å². The van der Waals surface area contributed by atoms with Gasteiger partial charge in [0, 0.05) is 11.6 Å². The first-order chi connectivity index (χ1) is 10.1. The number of hydrogen-bond acceptors (Lipinski definition) is 3. The molecule has 4 heteroatoms. The third-order valence-electron chi connectivity index (χ3n) is 4.27. The van der Waals surface area contributed by atoms with Gasteiger partial charge in [-0.2, -0.15) is 0 Å². The summed E-state index contributed by atoms with van der Waals surface area (Å²) in [4.78, 5) is 15.0. The van der Waals surface area contributed by atoms with E-state index in [0.29, 0.717) is 11.6 Å². The van der Waals surface area contributed by atoms with Crippen molar-refractivity contribution >= 4 is 5.78 Å². The van der Waals surface area contributed by atoms with Crippen LogP contribution in [0.3, 0.4) is 0 Å². The minimum atomic E-state index is -0.303. The van der Waals surface area contributed by atoms with Crippen molar-refractivity contribution in [2.24, 2.45) is 0 Å². The molecule has 0 aliphatic carbocycles. The number of benzene rings is 1. The van der Waals surface area contributed by atoms with Gasteiger partial charge in [-0.15, -0.1) is 0 Å². The Morgan fingerprint density at radius 3 is 2.52 bits per heavy atom. The summed E-state index contributed by atoms with van der Waals surface area (Å²) in [5, 5.41) is 3.36. The lowest BCUT2D eigenvalue weighted by atomic mass is 9.98. The number of halogens is 1. The van der Waals surface area contributed by atoms with Crippen molar-refractivity contribution in [3.63, 3.8) is 0 Å².